The number of aryl methyl sites for hydroxylation is 1. The minimum absolute atomic E-state index is 0.0259. The monoisotopic (exact) mass is 279 g/mol. The molecule has 1 aliphatic heterocycles. The largest absolute Gasteiger partial charge is 0.331 e. The third-order valence-corrected chi connectivity index (χ3v) is 3.70. The Morgan fingerprint density at radius 3 is 2.65 bits per heavy atom. The Morgan fingerprint density at radius 1 is 1.25 bits per heavy atom. The molecule has 1 aromatic rings. The van der Waals surface area contributed by atoms with Crippen molar-refractivity contribution >= 4 is 6.03 Å². The number of nitrogens with zero attached hydrogens (tertiary/aromatic N) is 4. The van der Waals surface area contributed by atoms with E-state index in [9.17, 15) is 4.79 Å². The van der Waals surface area contributed by atoms with E-state index in [1.54, 1.807) is 6.33 Å². The standard InChI is InChI=1S/C14H25N5O/c1-2-8-19-12-16-17-13(19)11-15-14(20)18-9-6-4-3-5-7-10-18/h12H,2-11H2,1H3,(H,15,20). The summed E-state index contributed by atoms with van der Waals surface area (Å²) in [5, 5.41) is 10.9. The lowest BCUT2D eigenvalue weighted by Crippen LogP contribution is -2.41. The number of carbonyl (C=O) groups excluding carboxylic acids is 1. The predicted octanol–water partition coefficient (Wildman–Crippen LogP) is 2.16. The van der Waals surface area contributed by atoms with Gasteiger partial charge in [0.15, 0.2) is 5.82 Å². The van der Waals surface area contributed by atoms with Crippen LogP contribution in [-0.4, -0.2) is 38.8 Å². The molecule has 0 saturated carbocycles. The van der Waals surface area contributed by atoms with Gasteiger partial charge in [-0.3, -0.25) is 0 Å². The average molecular weight is 279 g/mol. The zero-order valence-corrected chi connectivity index (χ0v) is 12.3. The smallest absolute Gasteiger partial charge is 0.317 e. The Hall–Kier alpha value is -1.59. The van der Waals surface area contributed by atoms with Crippen molar-refractivity contribution in [1.29, 1.82) is 0 Å². The predicted molar refractivity (Wildman–Crippen MR) is 77.2 cm³/mol. The number of nitrogens with one attached hydrogen (secondary N) is 1. The van der Waals surface area contributed by atoms with Crippen molar-refractivity contribution in [3.8, 4) is 0 Å². The zero-order valence-electron chi connectivity index (χ0n) is 12.3. The van der Waals surface area contributed by atoms with Crippen LogP contribution >= 0.6 is 0 Å². The van der Waals surface area contributed by atoms with Gasteiger partial charge in [0, 0.05) is 19.6 Å². The van der Waals surface area contributed by atoms with Gasteiger partial charge in [0.1, 0.15) is 6.33 Å². The highest BCUT2D eigenvalue weighted by Gasteiger charge is 2.15. The van der Waals surface area contributed by atoms with Gasteiger partial charge in [0.25, 0.3) is 0 Å². The third-order valence-electron chi connectivity index (χ3n) is 3.70. The van der Waals surface area contributed by atoms with Gasteiger partial charge in [0.05, 0.1) is 6.54 Å². The second kappa shape index (κ2) is 7.87. The molecule has 0 aromatic carbocycles. The number of hydrogen-bond acceptors (Lipinski definition) is 3. The number of urea groups is 1. The van der Waals surface area contributed by atoms with E-state index in [2.05, 4.69) is 22.4 Å². The van der Waals surface area contributed by atoms with Crippen molar-refractivity contribution in [2.45, 2.75) is 58.5 Å². The van der Waals surface area contributed by atoms with Gasteiger partial charge in [-0.15, -0.1) is 10.2 Å². The molecule has 2 heterocycles. The second-order valence-corrected chi connectivity index (χ2v) is 5.35. The molecule has 112 valence electrons. The fourth-order valence-electron chi connectivity index (χ4n) is 2.56. The van der Waals surface area contributed by atoms with Gasteiger partial charge < -0.3 is 14.8 Å². The first kappa shape index (κ1) is 14.8. The molecule has 0 atom stereocenters. The molecule has 6 nitrogen and oxygen atoms in total. The molecular formula is C14H25N5O. The fourth-order valence-corrected chi connectivity index (χ4v) is 2.56. The molecule has 0 bridgehead atoms. The molecule has 1 aromatic heterocycles. The molecular weight excluding hydrogens is 254 g/mol. The van der Waals surface area contributed by atoms with Crippen molar-refractivity contribution in [2.24, 2.45) is 0 Å². The van der Waals surface area contributed by atoms with Gasteiger partial charge >= 0.3 is 6.03 Å². The van der Waals surface area contributed by atoms with Crippen LogP contribution in [0.15, 0.2) is 6.33 Å². The van der Waals surface area contributed by atoms with Crippen LogP contribution < -0.4 is 5.32 Å². The maximum absolute atomic E-state index is 12.2. The van der Waals surface area contributed by atoms with E-state index in [0.29, 0.717) is 6.54 Å². The lowest BCUT2D eigenvalue weighted by atomic mass is 10.1. The summed E-state index contributed by atoms with van der Waals surface area (Å²) >= 11 is 0. The van der Waals surface area contributed by atoms with Crippen LogP contribution in [0.4, 0.5) is 4.79 Å². The first-order valence-electron chi connectivity index (χ1n) is 7.70. The van der Waals surface area contributed by atoms with Crippen LogP contribution in [0.2, 0.25) is 0 Å². The molecule has 0 aliphatic carbocycles. The quantitative estimate of drug-likeness (QED) is 0.918. The van der Waals surface area contributed by atoms with Crippen LogP contribution in [-0.2, 0) is 13.1 Å². The highest BCUT2D eigenvalue weighted by molar-refractivity contribution is 5.74. The third kappa shape index (κ3) is 4.21. The van der Waals surface area contributed by atoms with E-state index in [0.717, 1.165) is 44.7 Å². The van der Waals surface area contributed by atoms with Gasteiger partial charge in [-0.05, 0) is 19.3 Å². The fraction of sp³-hybridized carbons (Fsp3) is 0.786. The molecule has 1 fully saturated rings. The normalized spacial score (nSPS) is 16.6. The summed E-state index contributed by atoms with van der Waals surface area (Å²) < 4.78 is 1.99. The van der Waals surface area contributed by atoms with E-state index in [4.69, 9.17) is 0 Å². The van der Waals surface area contributed by atoms with Crippen LogP contribution in [0.1, 0.15) is 51.3 Å². The molecule has 6 heteroatoms. The van der Waals surface area contributed by atoms with Crippen LogP contribution in [0, 0.1) is 0 Å². The van der Waals surface area contributed by atoms with Crippen LogP contribution in [0.25, 0.3) is 0 Å². The molecule has 0 radical (unpaired) electrons. The zero-order chi connectivity index (χ0) is 14.2. The van der Waals surface area contributed by atoms with Gasteiger partial charge in [-0.25, -0.2) is 4.79 Å². The van der Waals surface area contributed by atoms with E-state index < -0.39 is 0 Å². The maximum Gasteiger partial charge on any atom is 0.317 e. The summed E-state index contributed by atoms with van der Waals surface area (Å²) in [6.45, 7) is 5.20. The minimum Gasteiger partial charge on any atom is -0.331 e. The Kier molecular flexibility index (Phi) is 5.83. The second-order valence-electron chi connectivity index (χ2n) is 5.35. The minimum atomic E-state index is 0.0259. The van der Waals surface area contributed by atoms with Crippen molar-refractivity contribution in [1.82, 2.24) is 25.0 Å². The first-order valence-corrected chi connectivity index (χ1v) is 7.70. The van der Waals surface area contributed by atoms with Crippen molar-refractivity contribution in [3.63, 3.8) is 0 Å². The highest BCUT2D eigenvalue weighted by Crippen LogP contribution is 2.10. The summed E-state index contributed by atoms with van der Waals surface area (Å²) in [6, 6.07) is 0.0259. The van der Waals surface area contributed by atoms with Crippen LogP contribution in [0.3, 0.4) is 0 Å². The molecule has 0 unspecified atom stereocenters. The molecule has 1 saturated heterocycles. The first-order chi connectivity index (χ1) is 9.81. The summed E-state index contributed by atoms with van der Waals surface area (Å²) in [5.74, 6) is 0.826. The van der Waals surface area contributed by atoms with Crippen molar-refractivity contribution < 1.29 is 4.79 Å². The number of hydrogen-bond donors (Lipinski definition) is 1. The van der Waals surface area contributed by atoms with Gasteiger partial charge in [-0.2, -0.15) is 0 Å². The number of aromatic nitrogens is 3. The van der Waals surface area contributed by atoms with Crippen molar-refractivity contribution in [2.75, 3.05) is 13.1 Å². The van der Waals surface area contributed by atoms with Crippen LogP contribution in [0.5, 0.6) is 0 Å². The van der Waals surface area contributed by atoms with E-state index in [-0.39, 0.29) is 6.03 Å². The number of rotatable bonds is 4. The number of carbonyl (C=O) groups is 1. The Balaban J connectivity index is 1.82. The molecule has 1 N–H and O–H groups in total. The SMILES string of the molecule is CCCn1cnnc1CNC(=O)N1CCCCCCC1. The molecule has 20 heavy (non-hydrogen) atoms. The van der Waals surface area contributed by atoms with E-state index in [1.807, 2.05) is 9.47 Å². The summed E-state index contributed by atoms with van der Waals surface area (Å²) in [6.07, 6.45) is 8.74. The number of likely N-dealkylation sites (tertiary alicyclic amines) is 1. The lowest BCUT2D eigenvalue weighted by Gasteiger charge is -2.24. The molecule has 2 amide bonds. The lowest BCUT2D eigenvalue weighted by molar-refractivity contribution is 0.191. The Labute approximate surface area is 120 Å². The Bertz CT molecular complexity index is 409. The number of amides is 2. The average Bonchev–Trinajstić information content (AvgIpc) is 2.83. The maximum atomic E-state index is 12.2. The van der Waals surface area contributed by atoms with Gasteiger partial charge in [0.2, 0.25) is 0 Å². The summed E-state index contributed by atoms with van der Waals surface area (Å²) in [7, 11) is 0. The van der Waals surface area contributed by atoms with Gasteiger partial charge in [-0.1, -0.05) is 26.2 Å². The Morgan fingerprint density at radius 2 is 1.95 bits per heavy atom. The highest BCUT2D eigenvalue weighted by atomic mass is 16.2. The van der Waals surface area contributed by atoms with E-state index >= 15 is 0 Å². The summed E-state index contributed by atoms with van der Waals surface area (Å²) in [4.78, 5) is 14.1. The topological polar surface area (TPSA) is 63.1 Å². The van der Waals surface area contributed by atoms with Crippen molar-refractivity contribution in [3.05, 3.63) is 12.2 Å². The van der Waals surface area contributed by atoms with E-state index in [1.165, 1.54) is 19.3 Å². The summed E-state index contributed by atoms with van der Waals surface area (Å²) in [5.41, 5.74) is 0. The molecule has 2 rings (SSSR count). The molecule has 1 aliphatic rings. The molecule has 0 spiro atoms.